The molecule has 1 aliphatic carbocycles. The zero-order chi connectivity index (χ0) is 14.8. The predicted molar refractivity (Wildman–Crippen MR) is 87.3 cm³/mol. The molecule has 1 N–H and O–H groups in total. The summed E-state index contributed by atoms with van der Waals surface area (Å²) >= 11 is 6.27. The second-order valence-electron chi connectivity index (χ2n) is 5.85. The van der Waals surface area contributed by atoms with Gasteiger partial charge in [0, 0.05) is 23.0 Å². The van der Waals surface area contributed by atoms with Gasteiger partial charge in [-0.1, -0.05) is 24.6 Å². The highest BCUT2D eigenvalue weighted by molar-refractivity contribution is 6.31. The van der Waals surface area contributed by atoms with E-state index in [0.717, 1.165) is 35.8 Å². The topological polar surface area (TPSA) is 29.9 Å². The van der Waals surface area contributed by atoms with Crippen LogP contribution in [0.2, 0.25) is 5.02 Å². The summed E-state index contributed by atoms with van der Waals surface area (Å²) in [5.41, 5.74) is 4.85. The fraction of sp³-hybridized carbons (Fsp3) is 0.471. The molecule has 2 aromatic rings. The molecule has 3 nitrogen and oxygen atoms in total. The highest BCUT2D eigenvalue weighted by Gasteiger charge is 2.30. The number of nitrogens with zero attached hydrogens (tertiary/aromatic N) is 2. The molecule has 21 heavy (non-hydrogen) atoms. The van der Waals surface area contributed by atoms with Gasteiger partial charge in [0.15, 0.2) is 0 Å². The Bertz CT molecular complexity index is 629. The molecule has 0 bridgehead atoms. The van der Waals surface area contributed by atoms with Crippen molar-refractivity contribution in [1.82, 2.24) is 15.1 Å². The molecule has 4 heteroatoms. The summed E-state index contributed by atoms with van der Waals surface area (Å²) in [7, 11) is 0. The van der Waals surface area contributed by atoms with Gasteiger partial charge < -0.3 is 5.32 Å². The summed E-state index contributed by atoms with van der Waals surface area (Å²) in [6.45, 7) is 6.16. The molecule has 112 valence electrons. The Balaban J connectivity index is 1.92. The highest BCUT2D eigenvalue weighted by atomic mass is 35.5. The smallest absolute Gasteiger partial charge is 0.0664 e. The normalized spacial score (nSPS) is 14.6. The van der Waals surface area contributed by atoms with Gasteiger partial charge in [-0.3, -0.25) is 0 Å². The molecule has 1 aromatic carbocycles. The maximum Gasteiger partial charge on any atom is 0.0664 e. The molecule has 0 aliphatic heterocycles. The second kappa shape index (κ2) is 6.20. The Labute approximate surface area is 131 Å². The van der Waals surface area contributed by atoms with Crippen molar-refractivity contribution in [3.63, 3.8) is 0 Å². The van der Waals surface area contributed by atoms with E-state index < -0.39 is 0 Å². The first-order valence-electron chi connectivity index (χ1n) is 7.74. The van der Waals surface area contributed by atoms with E-state index in [1.54, 1.807) is 0 Å². The molecule has 0 radical (unpaired) electrons. The lowest BCUT2D eigenvalue weighted by Crippen LogP contribution is -2.15. The third-order valence-electron chi connectivity index (χ3n) is 3.99. The molecule has 1 heterocycles. The van der Waals surface area contributed by atoms with E-state index in [4.69, 9.17) is 11.6 Å². The first-order chi connectivity index (χ1) is 10.2. The minimum absolute atomic E-state index is 0.658. The molecule has 1 aromatic heterocycles. The summed E-state index contributed by atoms with van der Waals surface area (Å²) < 4.78 is 2.08. The molecule has 1 saturated carbocycles. The van der Waals surface area contributed by atoms with Crippen LogP contribution in [0.5, 0.6) is 0 Å². The molecule has 3 rings (SSSR count). The third kappa shape index (κ3) is 3.14. The maximum atomic E-state index is 6.27. The lowest BCUT2D eigenvalue weighted by Gasteiger charge is -2.10. The zero-order valence-electron chi connectivity index (χ0n) is 12.7. The van der Waals surface area contributed by atoms with Crippen LogP contribution in [0, 0.1) is 6.92 Å². The minimum Gasteiger partial charge on any atom is -0.313 e. The van der Waals surface area contributed by atoms with Gasteiger partial charge in [-0.25, -0.2) is 4.68 Å². The van der Waals surface area contributed by atoms with Crippen molar-refractivity contribution in [2.75, 3.05) is 6.54 Å². The number of halogens is 1. The van der Waals surface area contributed by atoms with Crippen molar-refractivity contribution in [3.05, 3.63) is 46.2 Å². The van der Waals surface area contributed by atoms with E-state index in [0.29, 0.717) is 5.92 Å². The molecular formula is C17H22ClN3. The van der Waals surface area contributed by atoms with Gasteiger partial charge in [-0.05, 0) is 50.4 Å². The Morgan fingerprint density at radius 1 is 1.38 bits per heavy atom. The molecule has 1 aliphatic rings. The van der Waals surface area contributed by atoms with Gasteiger partial charge in [-0.2, -0.15) is 5.10 Å². The number of hydrogen-bond acceptors (Lipinski definition) is 2. The first-order valence-corrected chi connectivity index (χ1v) is 8.12. The van der Waals surface area contributed by atoms with Gasteiger partial charge in [0.25, 0.3) is 0 Å². The van der Waals surface area contributed by atoms with Crippen molar-refractivity contribution in [3.8, 4) is 5.69 Å². The lowest BCUT2D eigenvalue weighted by atomic mass is 10.1. The number of nitrogens with one attached hydrogen (secondary N) is 1. The zero-order valence-corrected chi connectivity index (χ0v) is 13.5. The van der Waals surface area contributed by atoms with E-state index in [2.05, 4.69) is 34.2 Å². The Morgan fingerprint density at radius 3 is 2.86 bits per heavy atom. The van der Waals surface area contributed by atoms with Crippen LogP contribution in [0.1, 0.15) is 48.9 Å². The molecule has 0 spiro atoms. The lowest BCUT2D eigenvalue weighted by molar-refractivity contribution is 0.669. The van der Waals surface area contributed by atoms with Crippen molar-refractivity contribution in [2.45, 2.75) is 45.6 Å². The van der Waals surface area contributed by atoms with Gasteiger partial charge in [0.05, 0.1) is 17.6 Å². The van der Waals surface area contributed by atoms with E-state index in [1.165, 1.54) is 24.1 Å². The van der Waals surface area contributed by atoms with E-state index in [9.17, 15) is 0 Å². The Kier molecular flexibility index (Phi) is 4.32. The van der Waals surface area contributed by atoms with Crippen LogP contribution in [0.15, 0.2) is 24.4 Å². The second-order valence-corrected chi connectivity index (χ2v) is 6.26. The van der Waals surface area contributed by atoms with Crippen LogP contribution >= 0.6 is 11.6 Å². The van der Waals surface area contributed by atoms with Crippen LogP contribution < -0.4 is 5.32 Å². The molecule has 1 fully saturated rings. The SMILES string of the molecule is CCCNCc1cnn(-c2ccc(C)c(Cl)c2)c1C1CC1. The van der Waals surface area contributed by atoms with Crippen molar-refractivity contribution >= 4 is 11.6 Å². The summed E-state index contributed by atoms with van der Waals surface area (Å²) in [4.78, 5) is 0. The molecule has 0 amide bonds. The Hall–Kier alpha value is -1.32. The number of aromatic nitrogens is 2. The molecule has 0 saturated heterocycles. The summed E-state index contributed by atoms with van der Waals surface area (Å²) in [6.07, 6.45) is 5.70. The average molecular weight is 304 g/mol. The number of rotatable bonds is 6. The molecule has 0 atom stereocenters. The van der Waals surface area contributed by atoms with E-state index in [1.807, 2.05) is 19.2 Å². The van der Waals surface area contributed by atoms with Gasteiger partial charge in [-0.15, -0.1) is 0 Å². The van der Waals surface area contributed by atoms with Crippen LogP contribution in [-0.2, 0) is 6.54 Å². The van der Waals surface area contributed by atoms with Crippen LogP contribution in [-0.4, -0.2) is 16.3 Å². The highest BCUT2D eigenvalue weighted by Crippen LogP contribution is 2.42. The molecular weight excluding hydrogens is 282 g/mol. The first kappa shape index (κ1) is 14.6. The van der Waals surface area contributed by atoms with Crippen LogP contribution in [0.3, 0.4) is 0 Å². The summed E-state index contributed by atoms with van der Waals surface area (Å²) in [5.74, 6) is 0.658. The number of hydrogen-bond donors (Lipinski definition) is 1. The largest absolute Gasteiger partial charge is 0.313 e. The van der Waals surface area contributed by atoms with E-state index in [-0.39, 0.29) is 0 Å². The fourth-order valence-electron chi connectivity index (χ4n) is 2.64. The monoisotopic (exact) mass is 303 g/mol. The van der Waals surface area contributed by atoms with Gasteiger partial charge >= 0.3 is 0 Å². The van der Waals surface area contributed by atoms with Gasteiger partial charge in [0.1, 0.15) is 0 Å². The standard InChI is InChI=1S/C17H22ClN3/c1-3-8-19-10-14-11-20-21(17(14)13-5-6-13)15-7-4-12(2)16(18)9-15/h4,7,9,11,13,19H,3,5-6,8,10H2,1-2H3. The van der Waals surface area contributed by atoms with Crippen LogP contribution in [0.4, 0.5) is 0 Å². The third-order valence-corrected chi connectivity index (χ3v) is 4.40. The number of aryl methyl sites for hydroxylation is 1. The summed E-state index contributed by atoms with van der Waals surface area (Å²) in [6, 6.07) is 6.17. The maximum absolute atomic E-state index is 6.27. The fourth-order valence-corrected chi connectivity index (χ4v) is 2.81. The quantitative estimate of drug-likeness (QED) is 0.810. The van der Waals surface area contributed by atoms with Gasteiger partial charge in [0.2, 0.25) is 0 Å². The van der Waals surface area contributed by atoms with E-state index >= 15 is 0 Å². The Morgan fingerprint density at radius 2 is 2.19 bits per heavy atom. The van der Waals surface area contributed by atoms with Crippen molar-refractivity contribution in [1.29, 1.82) is 0 Å². The minimum atomic E-state index is 0.658. The summed E-state index contributed by atoms with van der Waals surface area (Å²) in [5, 5.41) is 8.90. The molecule has 0 unspecified atom stereocenters. The average Bonchev–Trinajstić information content (AvgIpc) is 3.23. The number of benzene rings is 1. The predicted octanol–water partition coefficient (Wildman–Crippen LogP) is 4.21. The van der Waals surface area contributed by atoms with Crippen LogP contribution in [0.25, 0.3) is 5.69 Å². The van der Waals surface area contributed by atoms with Crippen molar-refractivity contribution in [2.24, 2.45) is 0 Å². The van der Waals surface area contributed by atoms with Crippen molar-refractivity contribution < 1.29 is 0 Å².